The van der Waals surface area contributed by atoms with E-state index in [-0.39, 0.29) is 0 Å². The maximum absolute atomic E-state index is 6.29. The lowest BCUT2D eigenvalue weighted by atomic mass is 10.1. The first-order chi connectivity index (χ1) is 8.72. The molecule has 4 heteroatoms. The fourth-order valence-corrected chi connectivity index (χ4v) is 2.33. The monoisotopic (exact) mass is 263 g/mol. The van der Waals surface area contributed by atoms with Gasteiger partial charge in [0.05, 0.1) is 22.7 Å². The molecule has 0 aliphatic carbocycles. The second-order valence-corrected chi connectivity index (χ2v) is 4.85. The molecule has 1 N–H and O–H groups in total. The summed E-state index contributed by atoms with van der Waals surface area (Å²) in [4.78, 5) is 4.07. The van der Waals surface area contributed by atoms with Gasteiger partial charge in [-0.15, -0.1) is 0 Å². The first-order valence-corrected chi connectivity index (χ1v) is 6.63. The largest absolute Gasteiger partial charge is 0.381 e. The maximum atomic E-state index is 6.29. The van der Waals surface area contributed by atoms with Crippen molar-refractivity contribution in [3.05, 3.63) is 41.9 Å². The van der Waals surface area contributed by atoms with Gasteiger partial charge in [-0.05, 0) is 25.5 Å². The van der Waals surface area contributed by atoms with Crippen molar-refractivity contribution in [2.45, 2.75) is 32.7 Å². The van der Waals surface area contributed by atoms with Crippen LogP contribution >= 0.6 is 11.6 Å². The highest BCUT2D eigenvalue weighted by molar-refractivity contribution is 6.33. The quantitative estimate of drug-likeness (QED) is 0.879. The normalized spacial score (nSPS) is 12.4. The zero-order chi connectivity index (χ0) is 13.0. The van der Waals surface area contributed by atoms with Crippen molar-refractivity contribution in [2.75, 3.05) is 5.32 Å². The van der Waals surface area contributed by atoms with E-state index in [2.05, 4.69) is 24.1 Å². The van der Waals surface area contributed by atoms with E-state index in [9.17, 15) is 0 Å². The summed E-state index contributed by atoms with van der Waals surface area (Å²) in [6.45, 7) is 4.37. The molecule has 1 unspecified atom stereocenters. The highest BCUT2D eigenvalue weighted by atomic mass is 35.5. The number of benzene rings is 1. The number of hydrogen-bond donors (Lipinski definition) is 1. The Morgan fingerprint density at radius 2 is 2.28 bits per heavy atom. The van der Waals surface area contributed by atoms with Gasteiger partial charge in [0.2, 0.25) is 0 Å². The van der Waals surface area contributed by atoms with Crippen molar-refractivity contribution >= 4 is 17.3 Å². The summed E-state index contributed by atoms with van der Waals surface area (Å²) < 4.78 is 1.93. The first-order valence-electron chi connectivity index (χ1n) is 6.25. The molecule has 2 aromatic rings. The lowest BCUT2D eigenvalue weighted by Gasteiger charge is -2.18. The van der Waals surface area contributed by atoms with Crippen LogP contribution in [0.2, 0.25) is 5.02 Å². The van der Waals surface area contributed by atoms with Crippen molar-refractivity contribution in [1.29, 1.82) is 0 Å². The van der Waals surface area contributed by atoms with Crippen LogP contribution in [0.5, 0.6) is 0 Å². The topological polar surface area (TPSA) is 29.9 Å². The summed E-state index contributed by atoms with van der Waals surface area (Å²) in [6.07, 6.45) is 7.71. The number of nitrogens with zero attached hydrogens (tertiary/aromatic N) is 2. The summed E-state index contributed by atoms with van der Waals surface area (Å²) in [6, 6.07) is 6.33. The smallest absolute Gasteiger partial charge is 0.0992 e. The molecule has 0 aliphatic heterocycles. The molecule has 0 saturated carbocycles. The van der Waals surface area contributed by atoms with E-state index in [4.69, 9.17) is 11.6 Å². The number of nitrogens with one attached hydrogen (secondary N) is 1. The highest BCUT2D eigenvalue weighted by Crippen LogP contribution is 2.29. The van der Waals surface area contributed by atoms with Gasteiger partial charge in [0.25, 0.3) is 0 Å². The van der Waals surface area contributed by atoms with Crippen LogP contribution in [0.25, 0.3) is 5.69 Å². The van der Waals surface area contributed by atoms with E-state index >= 15 is 0 Å². The molecule has 96 valence electrons. The third-order valence-corrected chi connectivity index (χ3v) is 3.18. The van der Waals surface area contributed by atoms with Crippen LogP contribution in [0.15, 0.2) is 36.9 Å². The number of hydrogen-bond acceptors (Lipinski definition) is 2. The molecule has 2 rings (SSSR count). The Labute approximate surface area is 113 Å². The van der Waals surface area contributed by atoms with Crippen LogP contribution in [0.1, 0.15) is 26.7 Å². The molecular weight excluding hydrogens is 246 g/mol. The molecule has 0 bridgehead atoms. The first kappa shape index (κ1) is 13.0. The minimum absolute atomic E-state index is 0.427. The molecule has 0 spiro atoms. The third kappa shape index (κ3) is 2.85. The molecule has 1 aromatic carbocycles. The molecule has 0 aliphatic rings. The number of rotatable bonds is 5. The van der Waals surface area contributed by atoms with Crippen LogP contribution in [-0.2, 0) is 0 Å². The van der Waals surface area contributed by atoms with E-state index in [1.165, 1.54) is 0 Å². The molecule has 1 heterocycles. The number of aromatic nitrogens is 2. The van der Waals surface area contributed by atoms with Crippen molar-refractivity contribution in [3.8, 4) is 5.69 Å². The molecular formula is C14H18ClN3. The van der Waals surface area contributed by atoms with Crippen molar-refractivity contribution in [3.63, 3.8) is 0 Å². The summed E-state index contributed by atoms with van der Waals surface area (Å²) in [5.41, 5.74) is 2.00. The number of anilines is 1. The summed E-state index contributed by atoms with van der Waals surface area (Å²) in [7, 11) is 0. The minimum atomic E-state index is 0.427. The predicted molar refractivity (Wildman–Crippen MR) is 76.6 cm³/mol. The van der Waals surface area contributed by atoms with Gasteiger partial charge in [-0.1, -0.05) is 31.0 Å². The van der Waals surface area contributed by atoms with Gasteiger partial charge in [-0.3, -0.25) is 0 Å². The van der Waals surface area contributed by atoms with E-state index in [1.54, 1.807) is 12.5 Å². The number of imidazole rings is 1. The summed E-state index contributed by atoms with van der Waals surface area (Å²) in [5.74, 6) is 0. The van der Waals surface area contributed by atoms with Crippen LogP contribution < -0.4 is 5.32 Å². The standard InChI is InChI=1S/C14H18ClN3/c1-3-5-11(2)17-13-7-4-6-12(15)14(13)18-9-8-16-10-18/h4,6-11,17H,3,5H2,1-2H3. The maximum Gasteiger partial charge on any atom is 0.0992 e. The van der Waals surface area contributed by atoms with Crippen molar-refractivity contribution in [2.24, 2.45) is 0 Å². The Bertz CT molecular complexity index is 494. The molecule has 18 heavy (non-hydrogen) atoms. The summed E-state index contributed by atoms with van der Waals surface area (Å²) in [5, 5.41) is 4.23. The van der Waals surface area contributed by atoms with Gasteiger partial charge < -0.3 is 9.88 Å². The van der Waals surface area contributed by atoms with E-state index in [0.29, 0.717) is 6.04 Å². The molecule has 0 amide bonds. The lowest BCUT2D eigenvalue weighted by molar-refractivity contribution is 0.690. The van der Waals surface area contributed by atoms with Gasteiger partial charge in [0.1, 0.15) is 0 Å². The average Bonchev–Trinajstić information content (AvgIpc) is 2.82. The van der Waals surface area contributed by atoms with E-state index in [1.807, 2.05) is 29.0 Å². The van der Waals surface area contributed by atoms with Crippen molar-refractivity contribution in [1.82, 2.24) is 9.55 Å². The Balaban J connectivity index is 2.33. The Morgan fingerprint density at radius 3 is 2.94 bits per heavy atom. The molecule has 0 radical (unpaired) electrons. The Morgan fingerprint density at radius 1 is 1.44 bits per heavy atom. The lowest BCUT2D eigenvalue weighted by Crippen LogP contribution is -2.16. The fraction of sp³-hybridized carbons (Fsp3) is 0.357. The second kappa shape index (κ2) is 5.91. The highest BCUT2D eigenvalue weighted by Gasteiger charge is 2.10. The van der Waals surface area contributed by atoms with Crippen LogP contribution in [0, 0.1) is 0 Å². The zero-order valence-electron chi connectivity index (χ0n) is 10.7. The third-order valence-electron chi connectivity index (χ3n) is 2.87. The Kier molecular flexibility index (Phi) is 4.26. The summed E-state index contributed by atoms with van der Waals surface area (Å²) >= 11 is 6.29. The fourth-order valence-electron chi connectivity index (χ4n) is 2.06. The molecule has 1 aromatic heterocycles. The molecule has 0 fully saturated rings. The van der Waals surface area contributed by atoms with E-state index < -0.39 is 0 Å². The molecule has 1 atom stereocenters. The van der Waals surface area contributed by atoms with Crippen LogP contribution in [0.3, 0.4) is 0 Å². The molecule has 3 nitrogen and oxygen atoms in total. The van der Waals surface area contributed by atoms with Crippen molar-refractivity contribution < 1.29 is 0 Å². The average molecular weight is 264 g/mol. The van der Waals surface area contributed by atoms with Crippen LogP contribution in [0.4, 0.5) is 5.69 Å². The number of para-hydroxylation sites is 1. The van der Waals surface area contributed by atoms with Gasteiger partial charge in [0.15, 0.2) is 0 Å². The number of halogens is 1. The van der Waals surface area contributed by atoms with Gasteiger partial charge in [0, 0.05) is 18.4 Å². The van der Waals surface area contributed by atoms with Gasteiger partial charge >= 0.3 is 0 Å². The Hall–Kier alpha value is -1.48. The zero-order valence-corrected chi connectivity index (χ0v) is 11.5. The van der Waals surface area contributed by atoms with Crippen LogP contribution in [-0.4, -0.2) is 15.6 Å². The van der Waals surface area contributed by atoms with Gasteiger partial charge in [-0.25, -0.2) is 4.98 Å². The van der Waals surface area contributed by atoms with Gasteiger partial charge in [-0.2, -0.15) is 0 Å². The SMILES string of the molecule is CCCC(C)Nc1cccc(Cl)c1-n1ccnc1. The van der Waals surface area contributed by atoms with E-state index in [0.717, 1.165) is 29.2 Å². The molecule has 0 saturated heterocycles. The predicted octanol–water partition coefficient (Wildman–Crippen LogP) is 4.13. The second-order valence-electron chi connectivity index (χ2n) is 4.44. The minimum Gasteiger partial charge on any atom is -0.381 e.